The van der Waals surface area contributed by atoms with Crippen molar-refractivity contribution in [2.24, 2.45) is 11.3 Å². The lowest BCUT2D eigenvalue weighted by Gasteiger charge is -2.24. The maximum atomic E-state index is 11.3. The van der Waals surface area contributed by atoms with Crippen molar-refractivity contribution >= 4 is 17.3 Å². The van der Waals surface area contributed by atoms with Crippen LogP contribution in [0.2, 0.25) is 0 Å². The molecule has 0 saturated carbocycles. The number of hydrogen-bond acceptors (Lipinski definition) is 4. The third-order valence-electron chi connectivity index (χ3n) is 3.18. The molecular weight excluding hydrogens is 272 g/mol. The van der Waals surface area contributed by atoms with Crippen LogP contribution in [0.25, 0.3) is 0 Å². The van der Waals surface area contributed by atoms with Gasteiger partial charge in [-0.1, -0.05) is 32.9 Å². The monoisotopic (exact) mass is 294 g/mol. The molecule has 6 nitrogen and oxygen atoms in total. The molecule has 0 spiro atoms. The Balaban J connectivity index is 2.91. The number of hydrogen-bond donors (Lipinski definition) is 2. The van der Waals surface area contributed by atoms with E-state index in [-0.39, 0.29) is 17.6 Å². The van der Waals surface area contributed by atoms with E-state index in [1.807, 2.05) is 20.8 Å². The molecule has 2 N–H and O–H groups in total. The number of nitrogens with zero attached hydrogens (tertiary/aromatic N) is 1. The van der Waals surface area contributed by atoms with Crippen molar-refractivity contribution in [2.45, 2.75) is 34.1 Å². The summed E-state index contributed by atoms with van der Waals surface area (Å²) in [6.45, 7) is 7.84. The van der Waals surface area contributed by atoms with Crippen LogP contribution >= 0.6 is 0 Å². The van der Waals surface area contributed by atoms with Crippen LogP contribution in [-0.4, -0.2) is 22.5 Å². The summed E-state index contributed by atoms with van der Waals surface area (Å²) in [7, 11) is 0. The normalized spacial score (nSPS) is 12.8. The number of nitrogens with one attached hydrogen (secondary N) is 1. The van der Waals surface area contributed by atoms with Crippen molar-refractivity contribution in [2.75, 3.05) is 11.9 Å². The Morgan fingerprint density at radius 2 is 2.05 bits per heavy atom. The van der Waals surface area contributed by atoms with E-state index >= 15 is 0 Å². The van der Waals surface area contributed by atoms with Crippen molar-refractivity contribution < 1.29 is 14.8 Å². The molecule has 0 bridgehead atoms. The van der Waals surface area contributed by atoms with Gasteiger partial charge in [-0.05, 0) is 24.3 Å². The zero-order valence-electron chi connectivity index (χ0n) is 12.8. The maximum absolute atomic E-state index is 11.3. The average Bonchev–Trinajstić information content (AvgIpc) is 2.33. The molecule has 0 aliphatic heterocycles. The van der Waals surface area contributed by atoms with E-state index in [1.165, 1.54) is 6.07 Å². The molecule has 0 radical (unpaired) electrons. The molecule has 0 aliphatic carbocycles. The van der Waals surface area contributed by atoms with Crippen molar-refractivity contribution in [1.29, 1.82) is 0 Å². The quantitative estimate of drug-likeness (QED) is 0.619. The Morgan fingerprint density at radius 3 is 2.52 bits per heavy atom. The van der Waals surface area contributed by atoms with Crippen LogP contribution in [0.3, 0.4) is 0 Å². The molecule has 6 heteroatoms. The minimum absolute atomic E-state index is 0.0325. The van der Waals surface area contributed by atoms with E-state index in [0.29, 0.717) is 12.1 Å². The fraction of sp³-hybridized carbons (Fsp3) is 0.533. The lowest BCUT2D eigenvalue weighted by Crippen LogP contribution is -2.27. The second-order valence-electron chi connectivity index (χ2n) is 6.41. The van der Waals surface area contributed by atoms with E-state index in [2.05, 4.69) is 5.32 Å². The van der Waals surface area contributed by atoms with Gasteiger partial charge in [0.05, 0.1) is 10.8 Å². The molecule has 1 rings (SSSR count). The average molecular weight is 294 g/mol. The number of benzene rings is 1. The first-order valence-electron chi connectivity index (χ1n) is 6.82. The molecule has 1 aromatic carbocycles. The molecule has 1 aromatic rings. The smallest absolute Gasteiger partial charge is 0.308 e. The predicted molar refractivity (Wildman–Crippen MR) is 81.5 cm³/mol. The first kappa shape index (κ1) is 16.9. The lowest BCUT2D eigenvalue weighted by molar-refractivity contribution is -0.384. The van der Waals surface area contributed by atoms with Gasteiger partial charge in [0.15, 0.2) is 0 Å². The van der Waals surface area contributed by atoms with Gasteiger partial charge in [0.1, 0.15) is 5.69 Å². The van der Waals surface area contributed by atoms with Crippen molar-refractivity contribution in [3.63, 3.8) is 0 Å². The van der Waals surface area contributed by atoms with E-state index in [1.54, 1.807) is 19.1 Å². The highest BCUT2D eigenvalue weighted by molar-refractivity contribution is 5.72. The number of aryl methyl sites for hydroxylation is 1. The molecule has 0 aliphatic rings. The third kappa shape index (κ3) is 5.06. The van der Waals surface area contributed by atoms with Crippen molar-refractivity contribution in [1.82, 2.24) is 0 Å². The predicted octanol–water partition coefficient (Wildman–Crippen LogP) is 3.45. The Hall–Kier alpha value is -2.11. The molecule has 0 heterocycles. The van der Waals surface area contributed by atoms with E-state index in [9.17, 15) is 20.0 Å². The summed E-state index contributed by atoms with van der Waals surface area (Å²) >= 11 is 0. The minimum atomic E-state index is -0.895. The highest BCUT2D eigenvalue weighted by Gasteiger charge is 2.25. The minimum Gasteiger partial charge on any atom is -0.481 e. The molecule has 116 valence electrons. The lowest BCUT2D eigenvalue weighted by atomic mass is 9.84. The van der Waals surface area contributed by atoms with Crippen LogP contribution in [0, 0.1) is 28.4 Å². The van der Waals surface area contributed by atoms with Gasteiger partial charge in [-0.15, -0.1) is 0 Å². The fourth-order valence-electron chi connectivity index (χ4n) is 2.25. The Kier molecular flexibility index (Phi) is 5.29. The number of anilines is 1. The second kappa shape index (κ2) is 6.56. The Morgan fingerprint density at radius 1 is 1.43 bits per heavy atom. The number of nitro groups is 1. The van der Waals surface area contributed by atoms with Crippen molar-refractivity contribution in [3.05, 3.63) is 33.9 Å². The van der Waals surface area contributed by atoms with Crippen LogP contribution in [-0.2, 0) is 4.79 Å². The first-order valence-corrected chi connectivity index (χ1v) is 6.82. The highest BCUT2D eigenvalue weighted by Crippen LogP contribution is 2.29. The number of carbonyl (C=O) groups is 1. The number of aliphatic carboxylic acids is 1. The summed E-state index contributed by atoms with van der Waals surface area (Å²) in [5.74, 6) is -1.49. The highest BCUT2D eigenvalue weighted by atomic mass is 16.6. The number of carboxylic acid groups (broad SMARTS) is 1. The van der Waals surface area contributed by atoms with Crippen LogP contribution in [0.1, 0.15) is 32.8 Å². The van der Waals surface area contributed by atoms with Gasteiger partial charge in [-0.25, -0.2) is 0 Å². The summed E-state index contributed by atoms with van der Waals surface area (Å²) in [4.78, 5) is 21.9. The number of rotatable bonds is 6. The maximum Gasteiger partial charge on any atom is 0.308 e. The molecule has 0 fully saturated rings. The molecule has 0 aromatic heterocycles. The fourth-order valence-corrected chi connectivity index (χ4v) is 2.25. The Labute approximate surface area is 124 Å². The summed E-state index contributed by atoms with van der Waals surface area (Å²) in [5.41, 5.74) is 0.962. The largest absolute Gasteiger partial charge is 0.481 e. The second-order valence-corrected chi connectivity index (χ2v) is 6.41. The van der Waals surface area contributed by atoms with Crippen LogP contribution in [0.4, 0.5) is 11.4 Å². The van der Waals surface area contributed by atoms with Crippen LogP contribution < -0.4 is 5.32 Å². The summed E-state index contributed by atoms with van der Waals surface area (Å²) in [6, 6.07) is 4.78. The molecule has 0 amide bonds. The summed E-state index contributed by atoms with van der Waals surface area (Å²) in [6.07, 6.45) is 0.495. The van der Waals surface area contributed by atoms with Crippen molar-refractivity contribution in [3.8, 4) is 0 Å². The van der Waals surface area contributed by atoms with Gasteiger partial charge in [0, 0.05) is 12.6 Å². The van der Waals surface area contributed by atoms with Gasteiger partial charge < -0.3 is 10.4 Å². The van der Waals surface area contributed by atoms with Gasteiger partial charge in [-0.2, -0.15) is 0 Å². The first-order chi connectivity index (χ1) is 9.61. The molecule has 21 heavy (non-hydrogen) atoms. The van der Waals surface area contributed by atoms with Gasteiger partial charge >= 0.3 is 5.97 Å². The van der Waals surface area contributed by atoms with Gasteiger partial charge in [0.25, 0.3) is 5.69 Å². The topological polar surface area (TPSA) is 92.5 Å². The van der Waals surface area contributed by atoms with E-state index < -0.39 is 16.8 Å². The van der Waals surface area contributed by atoms with E-state index in [0.717, 1.165) is 5.56 Å². The number of carboxylic acids is 1. The molecule has 1 unspecified atom stereocenters. The number of nitro benzene ring substituents is 1. The molecule has 1 atom stereocenters. The summed E-state index contributed by atoms with van der Waals surface area (Å²) in [5, 5.41) is 23.3. The third-order valence-corrected chi connectivity index (χ3v) is 3.18. The number of para-hydroxylation sites is 1. The van der Waals surface area contributed by atoms with Gasteiger partial charge in [0.2, 0.25) is 0 Å². The standard InChI is InChI=1S/C15H22N2O4/c1-10-6-5-7-12(17(20)21)13(10)16-9-11(14(18)19)8-15(2,3)4/h5-7,11,16H,8-9H2,1-4H3,(H,18,19). The zero-order valence-corrected chi connectivity index (χ0v) is 12.8. The van der Waals surface area contributed by atoms with E-state index in [4.69, 9.17) is 0 Å². The zero-order chi connectivity index (χ0) is 16.2. The summed E-state index contributed by atoms with van der Waals surface area (Å²) < 4.78 is 0. The SMILES string of the molecule is Cc1cccc([N+](=O)[O-])c1NCC(CC(C)(C)C)C(=O)O. The van der Waals surface area contributed by atoms with Gasteiger partial charge in [-0.3, -0.25) is 14.9 Å². The molecule has 0 saturated heterocycles. The van der Waals surface area contributed by atoms with Crippen LogP contribution in [0.15, 0.2) is 18.2 Å². The molecular formula is C15H22N2O4. The Bertz CT molecular complexity index is 535. The van der Waals surface area contributed by atoms with Crippen LogP contribution in [0.5, 0.6) is 0 Å².